The van der Waals surface area contributed by atoms with E-state index in [9.17, 15) is 14.3 Å². The van der Waals surface area contributed by atoms with Gasteiger partial charge < -0.3 is 14.8 Å². The highest BCUT2D eigenvalue weighted by atomic mass is 19.1. The number of halogens is 1. The van der Waals surface area contributed by atoms with E-state index in [0.29, 0.717) is 11.3 Å². The molecule has 7 heteroatoms. The SMILES string of the molecule is COc1ccc(F)cc1-c1ccnc2[nH]c(C3=CCC(N[C@H](C(=O)O)c4ccccc4)CC3)cc12. The largest absolute Gasteiger partial charge is 0.496 e. The molecule has 178 valence electrons. The smallest absolute Gasteiger partial charge is 0.325 e. The lowest BCUT2D eigenvalue weighted by Gasteiger charge is -2.26. The number of ether oxygens (including phenoxy) is 1. The standard InChI is InChI=1S/C28H26FN3O3/c1-35-25-12-9-19(29)15-22(25)21-13-14-30-27-23(21)16-24(32-27)17-7-10-20(11-8-17)31-26(28(33)34)18-5-3-2-4-6-18/h2-7,9,12-16,20,26,31H,8,10-11H2,1H3,(H,30,32)(H,33,34)/t20?,26-/m0/s1. The molecule has 2 heterocycles. The van der Waals surface area contributed by atoms with Crippen molar-refractivity contribution in [2.24, 2.45) is 0 Å². The Kier molecular flexibility index (Phi) is 6.33. The van der Waals surface area contributed by atoms with E-state index in [0.717, 1.165) is 52.7 Å². The summed E-state index contributed by atoms with van der Waals surface area (Å²) in [6.45, 7) is 0. The molecular weight excluding hydrogens is 445 g/mol. The maximum atomic E-state index is 14.0. The number of aromatic nitrogens is 2. The number of hydrogen-bond acceptors (Lipinski definition) is 4. The van der Waals surface area contributed by atoms with E-state index in [4.69, 9.17) is 4.74 Å². The minimum atomic E-state index is -0.882. The number of carboxylic acids is 1. The van der Waals surface area contributed by atoms with Crippen LogP contribution >= 0.6 is 0 Å². The Morgan fingerprint density at radius 2 is 2.00 bits per heavy atom. The number of aliphatic carboxylic acids is 1. The second kappa shape index (κ2) is 9.72. The lowest BCUT2D eigenvalue weighted by atomic mass is 9.92. The first-order valence-electron chi connectivity index (χ1n) is 11.6. The minimum absolute atomic E-state index is 0.0645. The van der Waals surface area contributed by atoms with Gasteiger partial charge in [-0.05, 0) is 66.3 Å². The lowest BCUT2D eigenvalue weighted by Crippen LogP contribution is -2.37. The first-order chi connectivity index (χ1) is 17.0. The molecular formula is C28H26FN3O3. The van der Waals surface area contributed by atoms with E-state index in [2.05, 4.69) is 21.4 Å². The first kappa shape index (κ1) is 22.8. The normalized spacial score (nSPS) is 16.6. The molecule has 35 heavy (non-hydrogen) atoms. The van der Waals surface area contributed by atoms with Crippen LogP contribution in [0.5, 0.6) is 5.75 Å². The molecule has 1 unspecified atom stereocenters. The maximum Gasteiger partial charge on any atom is 0.325 e. The fourth-order valence-electron chi connectivity index (χ4n) is 4.75. The molecule has 0 saturated carbocycles. The molecule has 0 amide bonds. The number of methoxy groups -OCH3 is 1. The number of aromatic amines is 1. The topological polar surface area (TPSA) is 87.2 Å². The Morgan fingerprint density at radius 3 is 2.71 bits per heavy atom. The van der Waals surface area contributed by atoms with Gasteiger partial charge in [-0.15, -0.1) is 0 Å². The van der Waals surface area contributed by atoms with Crippen molar-refractivity contribution in [1.29, 1.82) is 0 Å². The molecule has 3 N–H and O–H groups in total. The van der Waals surface area contributed by atoms with E-state index in [1.165, 1.54) is 12.1 Å². The number of fused-ring (bicyclic) bond motifs is 1. The second-order valence-electron chi connectivity index (χ2n) is 8.70. The van der Waals surface area contributed by atoms with Crippen LogP contribution in [-0.2, 0) is 4.79 Å². The average molecular weight is 472 g/mol. The van der Waals surface area contributed by atoms with Gasteiger partial charge in [0.15, 0.2) is 0 Å². The summed E-state index contributed by atoms with van der Waals surface area (Å²) in [5, 5.41) is 13.9. The molecule has 0 bridgehead atoms. The Bertz CT molecular complexity index is 1400. The predicted molar refractivity (Wildman–Crippen MR) is 134 cm³/mol. The molecule has 0 saturated heterocycles. The molecule has 6 nitrogen and oxygen atoms in total. The minimum Gasteiger partial charge on any atom is -0.496 e. The van der Waals surface area contributed by atoms with Crippen molar-refractivity contribution in [3.63, 3.8) is 0 Å². The van der Waals surface area contributed by atoms with Gasteiger partial charge in [0.05, 0.1) is 7.11 Å². The van der Waals surface area contributed by atoms with Crippen molar-refractivity contribution < 1.29 is 19.0 Å². The molecule has 5 rings (SSSR count). The summed E-state index contributed by atoms with van der Waals surface area (Å²) >= 11 is 0. The summed E-state index contributed by atoms with van der Waals surface area (Å²) in [6.07, 6.45) is 6.19. The van der Waals surface area contributed by atoms with Crippen molar-refractivity contribution in [1.82, 2.24) is 15.3 Å². The molecule has 2 atom stereocenters. The number of nitrogens with zero attached hydrogens (tertiary/aromatic N) is 1. The van der Waals surface area contributed by atoms with Gasteiger partial charge in [-0.3, -0.25) is 10.1 Å². The van der Waals surface area contributed by atoms with Gasteiger partial charge in [-0.1, -0.05) is 36.4 Å². The first-order valence-corrected chi connectivity index (χ1v) is 11.6. The quantitative estimate of drug-likeness (QED) is 0.320. The number of carbonyl (C=O) groups is 1. The van der Waals surface area contributed by atoms with Crippen molar-refractivity contribution in [2.75, 3.05) is 7.11 Å². The summed E-state index contributed by atoms with van der Waals surface area (Å²) in [6, 6.07) is 17.0. The van der Waals surface area contributed by atoms with Gasteiger partial charge in [-0.2, -0.15) is 0 Å². The summed E-state index contributed by atoms with van der Waals surface area (Å²) < 4.78 is 19.5. The molecule has 0 radical (unpaired) electrons. The van der Waals surface area contributed by atoms with Gasteiger partial charge in [0.2, 0.25) is 0 Å². The Hall–Kier alpha value is -3.97. The van der Waals surface area contributed by atoms with Crippen LogP contribution in [0.25, 0.3) is 27.7 Å². The van der Waals surface area contributed by atoms with E-state index < -0.39 is 12.0 Å². The van der Waals surface area contributed by atoms with Crippen LogP contribution in [0.4, 0.5) is 4.39 Å². The van der Waals surface area contributed by atoms with E-state index in [1.54, 1.807) is 19.4 Å². The van der Waals surface area contributed by atoms with Crippen molar-refractivity contribution in [2.45, 2.75) is 31.3 Å². The maximum absolute atomic E-state index is 14.0. The third kappa shape index (κ3) is 4.68. The van der Waals surface area contributed by atoms with Crippen LogP contribution in [0.2, 0.25) is 0 Å². The van der Waals surface area contributed by atoms with Gasteiger partial charge in [0.1, 0.15) is 23.3 Å². The number of rotatable bonds is 7. The molecule has 0 spiro atoms. The molecule has 2 aromatic carbocycles. The zero-order valence-corrected chi connectivity index (χ0v) is 19.3. The van der Waals surface area contributed by atoms with Crippen LogP contribution in [0.15, 0.2) is 72.9 Å². The highest BCUT2D eigenvalue weighted by Crippen LogP contribution is 2.37. The average Bonchev–Trinajstić information content (AvgIpc) is 3.32. The Balaban J connectivity index is 1.39. The van der Waals surface area contributed by atoms with Crippen molar-refractivity contribution in [3.8, 4) is 16.9 Å². The number of nitrogens with one attached hydrogen (secondary N) is 2. The van der Waals surface area contributed by atoms with Crippen LogP contribution in [0, 0.1) is 5.82 Å². The Labute approximate surface area is 202 Å². The monoisotopic (exact) mass is 471 g/mol. The third-order valence-electron chi connectivity index (χ3n) is 6.52. The van der Waals surface area contributed by atoms with E-state index >= 15 is 0 Å². The molecule has 0 aliphatic heterocycles. The van der Waals surface area contributed by atoms with E-state index in [1.807, 2.05) is 42.5 Å². The van der Waals surface area contributed by atoms with Gasteiger partial charge in [0.25, 0.3) is 0 Å². The fraction of sp³-hybridized carbons (Fsp3) is 0.214. The van der Waals surface area contributed by atoms with Crippen LogP contribution in [-0.4, -0.2) is 34.2 Å². The molecule has 4 aromatic rings. The highest BCUT2D eigenvalue weighted by Gasteiger charge is 2.25. The fourth-order valence-corrected chi connectivity index (χ4v) is 4.75. The summed E-state index contributed by atoms with van der Waals surface area (Å²) in [4.78, 5) is 19.7. The predicted octanol–water partition coefficient (Wildman–Crippen LogP) is 5.73. The van der Waals surface area contributed by atoms with Crippen molar-refractivity contribution >= 4 is 22.6 Å². The van der Waals surface area contributed by atoms with E-state index in [-0.39, 0.29) is 11.9 Å². The molecule has 1 aliphatic rings. The van der Waals surface area contributed by atoms with Gasteiger partial charge in [-0.25, -0.2) is 9.37 Å². The van der Waals surface area contributed by atoms with Crippen molar-refractivity contribution in [3.05, 3.63) is 90.0 Å². The second-order valence-corrected chi connectivity index (χ2v) is 8.70. The van der Waals surface area contributed by atoms with Crippen LogP contribution < -0.4 is 10.1 Å². The molecule has 2 aromatic heterocycles. The molecule has 1 aliphatic carbocycles. The number of benzene rings is 2. The Morgan fingerprint density at radius 1 is 1.17 bits per heavy atom. The zero-order chi connectivity index (χ0) is 24.4. The van der Waals surface area contributed by atoms with Crippen LogP contribution in [0.1, 0.15) is 36.6 Å². The third-order valence-corrected chi connectivity index (χ3v) is 6.52. The summed E-state index contributed by atoms with van der Waals surface area (Å²) in [7, 11) is 1.57. The number of hydrogen-bond donors (Lipinski definition) is 3. The summed E-state index contributed by atoms with van der Waals surface area (Å²) in [5.41, 5.74) is 5.11. The molecule has 0 fully saturated rings. The lowest BCUT2D eigenvalue weighted by molar-refractivity contribution is -0.139. The highest BCUT2D eigenvalue weighted by molar-refractivity contribution is 5.96. The number of allylic oxidation sites excluding steroid dienone is 1. The number of H-pyrrole nitrogens is 1. The number of carboxylic acid groups (broad SMARTS) is 1. The van der Waals surface area contributed by atoms with Crippen LogP contribution in [0.3, 0.4) is 0 Å². The van der Waals surface area contributed by atoms with Gasteiger partial charge >= 0.3 is 5.97 Å². The zero-order valence-electron chi connectivity index (χ0n) is 19.3. The number of pyridine rings is 1. The summed E-state index contributed by atoms with van der Waals surface area (Å²) in [5.74, 6) is -0.614. The van der Waals surface area contributed by atoms with Gasteiger partial charge in [0, 0.05) is 28.9 Å².